The van der Waals surface area contributed by atoms with Crippen molar-refractivity contribution in [1.29, 1.82) is 0 Å². The number of carbonyl (C=O) groups excluding carboxylic acids is 2. The number of aromatic nitrogens is 1. The van der Waals surface area contributed by atoms with Gasteiger partial charge in [-0.25, -0.2) is 0 Å². The molecule has 2 aliphatic rings. The van der Waals surface area contributed by atoms with Crippen molar-refractivity contribution in [2.24, 2.45) is 5.92 Å². The largest absolute Gasteiger partial charge is 0.352 e. The van der Waals surface area contributed by atoms with Gasteiger partial charge in [-0.15, -0.1) is 0 Å². The Hall–Kier alpha value is -2.93. The fourth-order valence-corrected chi connectivity index (χ4v) is 4.79. The fraction of sp³-hybridized carbons (Fsp3) is 0.480. The Kier molecular flexibility index (Phi) is 6.74. The Morgan fingerprint density at radius 1 is 1.16 bits per heavy atom. The van der Waals surface area contributed by atoms with Crippen molar-refractivity contribution in [2.45, 2.75) is 39.3 Å². The lowest BCUT2D eigenvalue weighted by Crippen LogP contribution is -2.41. The molecule has 1 N–H and O–H groups in total. The molecular formula is C25H32N4O3. The predicted molar refractivity (Wildman–Crippen MR) is 124 cm³/mol. The van der Waals surface area contributed by atoms with Gasteiger partial charge in [-0.1, -0.05) is 30.3 Å². The third-order valence-electron chi connectivity index (χ3n) is 6.67. The average molecular weight is 437 g/mol. The van der Waals surface area contributed by atoms with Gasteiger partial charge in [-0.2, -0.15) is 0 Å². The molecule has 4 rings (SSSR count). The van der Waals surface area contributed by atoms with Crippen LogP contribution in [0.1, 0.15) is 40.4 Å². The Labute approximate surface area is 189 Å². The van der Waals surface area contributed by atoms with Crippen LogP contribution in [-0.4, -0.2) is 59.4 Å². The van der Waals surface area contributed by atoms with E-state index in [-0.39, 0.29) is 22.9 Å². The minimum atomic E-state index is -0.286. The number of hydrogen-bond acceptors (Lipinski definition) is 4. The first-order valence-electron chi connectivity index (χ1n) is 11.4. The van der Waals surface area contributed by atoms with Gasteiger partial charge in [0.15, 0.2) is 0 Å². The van der Waals surface area contributed by atoms with Crippen LogP contribution < -0.4 is 10.9 Å². The van der Waals surface area contributed by atoms with Gasteiger partial charge >= 0.3 is 0 Å². The molecule has 1 unspecified atom stereocenters. The van der Waals surface area contributed by atoms with Crippen molar-refractivity contribution in [3.05, 3.63) is 69.1 Å². The van der Waals surface area contributed by atoms with E-state index in [1.165, 1.54) is 0 Å². The number of benzene rings is 1. The number of aryl methyl sites for hydroxylation is 2. The summed E-state index contributed by atoms with van der Waals surface area (Å²) in [5.74, 6) is 0.136. The van der Waals surface area contributed by atoms with Crippen LogP contribution >= 0.6 is 0 Å². The highest BCUT2D eigenvalue weighted by Gasteiger charge is 2.28. The van der Waals surface area contributed by atoms with E-state index in [0.717, 1.165) is 36.2 Å². The van der Waals surface area contributed by atoms with Gasteiger partial charge in [-0.05, 0) is 55.5 Å². The Bertz CT molecular complexity index is 1050. The van der Waals surface area contributed by atoms with Crippen LogP contribution in [0.4, 0.5) is 0 Å². The van der Waals surface area contributed by atoms with Crippen molar-refractivity contribution in [3.8, 4) is 0 Å². The fourth-order valence-electron chi connectivity index (χ4n) is 4.79. The molecule has 1 fully saturated rings. The van der Waals surface area contributed by atoms with Crippen molar-refractivity contribution in [3.63, 3.8) is 0 Å². The zero-order valence-corrected chi connectivity index (χ0v) is 19.0. The predicted octanol–water partition coefficient (Wildman–Crippen LogP) is 1.68. The smallest absolute Gasteiger partial charge is 0.263 e. The third-order valence-corrected chi connectivity index (χ3v) is 6.67. The number of likely N-dealkylation sites (tertiary alicyclic amines) is 1. The molecule has 2 aromatic rings. The molecule has 1 aromatic heterocycles. The number of carbonyl (C=O) groups is 2. The molecular weight excluding hydrogens is 404 g/mol. The summed E-state index contributed by atoms with van der Waals surface area (Å²) >= 11 is 0. The summed E-state index contributed by atoms with van der Waals surface area (Å²) < 4.78 is 1.65. The van der Waals surface area contributed by atoms with E-state index in [9.17, 15) is 14.4 Å². The first kappa shape index (κ1) is 22.3. The third kappa shape index (κ3) is 4.93. The highest BCUT2D eigenvalue weighted by molar-refractivity contribution is 5.95. The van der Waals surface area contributed by atoms with Crippen molar-refractivity contribution >= 4 is 11.8 Å². The minimum absolute atomic E-state index is 0.00837. The van der Waals surface area contributed by atoms with Crippen LogP contribution in [-0.2, 0) is 30.7 Å². The number of nitrogens with one attached hydrogen (secondary N) is 1. The summed E-state index contributed by atoms with van der Waals surface area (Å²) in [5.41, 5.74) is 2.84. The zero-order valence-electron chi connectivity index (χ0n) is 19.0. The van der Waals surface area contributed by atoms with E-state index >= 15 is 0 Å². The molecule has 170 valence electrons. The van der Waals surface area contributed by atoms with Crippen LogP contribution in [0.25, 0.3) is 0 Å². The molecule has 7 nitrogen and oxygen atoms in total. The molecule has 0 aliphatic carbocycles. The van der Waals surface area contributed by atoms with Gasteiger partial charge in [0.2, 0.25) is 5.91 Å². The molecule has 1 atom stereocenters. The summed E-state index contributed by atoms with van der Waals surface area (Å²) in [7, 11) is 2.08. The molecule has 0 spiro atoms. The maximum Gasteiger partial charge on any atom is 0.263 e. The van der Waals surface area contributed by atoms with Gasteiger partial charge in [0.1, 0.15) is 5.56 Å². The van der Waals surface area contributed by atoms with Gasteiger partial charge in [0.05, 0.1) is 0 Å². The zero-order chi connectivity index (χ0) is 22.7. The van der Waals surface area contributed by atoms with Crippen LogP contribution in [0.2, 0.25) is 0 Å². The van der Waals surface area contributed by atoms with Crippen LogP contribution in [0.3, 0.4) is 0 Å². The van der Waals surface area contributed by atoms with Gasteiger partial charge in [-0.3, -0.25) is 14.4 Å². The van der Waals surface area contributed by atoms with Gasteiger partial charge in [0, 0.05) is 45.8 Å². The highest BCUT2D eigenvalue weighted by Crippen LogP contribution is 2.21. The van der Waals surface area contributed by atoms with E-state index in [2.05, 4.69) is 17.3 Å². The summed E-state index contributed by atoms with van der Waals surface area (Å²) in [5, 5.41) is 3.03. The molecule has 1 saturated heterocycles. The molecule has 0 bridgehead atoms. The molecule has 2 aliphatic heterocycles. The maximum atomic E-state index is 13.4. The van der Waals surface area contributed by atoms with E-state index in [1.807, 2.05) is 36.5 Å². The van der Waals surface area contributed by atoms with Gasteiger partial charge in [0.25, 0.3) is 11.5 Å². The van der Waals surface area contributed by atoms with Crippen LogP contribution in [0.5, 0.6) is 0 Å². The molecule has 32 heavy (non-hydrogen) atoms. The number of rotatable bonds is 6. The second-order valence-corrected chi connectivity index (χ2v) is 9.06. The summed E-state index contributed by atoms with van der Waals surface area (Å²) in [4.78, 5) is 42.5. The summed E-state index contributed by atoms with van der Waals surface area (Å²) in [6.07, 6.45) is 4.13. The SMILES string of the molecule is CC(=O)N1CCc2c(cn(CCc3ccccc3)c(=O)c2C(=O)NCC2CCN(C)C2)C1. The summed E-state index contributed by atoms with van der Waals surface area (Å²) in [6, 6.07) is 10.00. The Balaban J connectivity index is 1.60. The lowest BCUT2D eigenvalue weighted by Gasteiger charge is -2.29. The normalized spacial score (nSPS) is 18.4. The van der Waals surface area contributed by atoms with Crippen molar-refractivity contribution in [2.75, 3.05) is 33.2 Å². The second-order valence-electron chi connectivity index (χ2n) is 9.06. The van der Waals surface area contributed by atoms with Gasteiger partial charge < -0.3 is 19.7 Å². The lowest BCUT2D eigenvalue weighted by atomic mass is 9.95. The molecule has 1 aromatic carbocycles. The molecule has 0 saturated carbocycles. The maximum absolute atomic E-state index is 13.4. The quantitative estimate of drug-likeness (QED) is 0.748. The first-order valence-corrected chi connectivity index (χ1v) is 11.4. The highest BCUT2D eigenvalue weighted by atomic mass is 16.2. The van der Waals surface area contributed by atoms with Crippen LogP contribution in [0.15, 0.2) is 41.3 Å². The Morgan fingerprint density at radius 2 is 1.94 bits per heavy atom. The molecule has 7 heteroatoms. The minimum Gasteiger partial charge on any atom is -0.352 e. The van der Waals surface area contributed by atoms with Crippen molar-refractivity contribution < 1.29 is 9.59 Å². The topological polar surface area (TPSA) is 74.6 Å². The number of fused-ring (bicyclic) bond motifs is 1. The standard InChI is InChI=1S/C25H32N4O3/c1-18(30)28-13-10-22-21(16-28)17-29(12-9-19-6-4-3-5-7-19)25(32)23(22)24(31)26-14-20-8-11-27(2)15-20/h3-7,17,20H,8-16H2,1-2H3,(H,26,31). The molecule has 2 amide bonds. The van der Waals surface area contributed by atoms with E-state index in [1.54, 1.807) is 16.4 Å². The van der Waals surface area contributed by atoms with E-state index in [4.69, 9.17) is 0 Å². The average Bonchev–Trinajstić information content (AvgIpc) is 3.21. The molecule has 3 heterocycles. The number of amides is 2. The van der Waals surface area contributed by atoms with Crippen molar-refractivity contribution in [1.82, 2.24) is 19.7 Å². The van der Waals surface area contributed by atoms with E-state index < -0.39 is 0 Å². The number of hydrogen-bond donors (Lipinski definition) is 1. The monoisotopic (exact) mass is 436 g/mol. The summed E-state index contributed by atoms with van der Waals surface area (Å²) in [6.45, 7) is 5.59. The molecule has 0 radical (unpaired) electrons. The number of nitrogens with zero attached hydrogens (tertiary/aromatic N) is 3. The number of pyridine rings is 1. The van der Waals surface area contributed by atoms with E-state index in [0.29, 0.717) is 44.9 Å². The Morgan fingerprint density at radius 3 is 2.62 bits per heavy atom. The lowest BCUT2D eigenvalue weighted by molar-refractivity contribution is -0.129. The first-order chi connectivity index (χ1) is 15.4. The van der Waals surface area contributed by atoms with Crippen LogP contribution in [0, 0.1) is 5.92 Å². The second kappa shape index (κ2) is 9.69.